The summed E-state index contributed by atoms with van der Waals surface area (Å²) in [7, 11) is 1.68. The maximum Gasteiger partial charge on any atom is 0.240 e. The van der Waals surface area contributed by atoms with Crippen molar-refractivity contribution in [2.24, 2.45) is 0 Å². The first-order chi connectivity index (χ1) is 24.7. The summed E-state index contributed by atoms with van der Waals surface area (Å²) in [6, 6.07) is 46.5. The molecular formula is C43H44O7. The quantitative estimate of drug-likeness (QED) is 0.118. The zero-order valence-electron chi connectivity index (χ0n) is 28.4. The fraction of sp³-hybridized carbons (Fsp3) is 0.302. The Morgan fingerprint density at radius 2 is 1.12 bits per heavy atom. The molecule has 50 heavy (non-hydrogen) atoms. The molecule has 0 aliphatic carbocycles. The monoisotopic (exact) mass is 672 g/mol. The van der Waals surface area contributed by atoms with Crippen molar-refractivity contribution in [2.75, 3.05) is 13.7 Å². The van der Waals surface area contributed by atoms with Gasteiger partial charge in [0, 0.05) is 6.42 Å². The molecule has 0 amide bonds. The number of hydrogen-bond donors (Lipinski definition) is 0. The lowest BCUT2D eigenvalue weighted by molar-refractivity contribution is -0.364. The third kappa shape index (κ3) is 8.27. The third-order valence-electron chi connectivity index (χ3n) is 9.30. The van der Waals surface area contributed by atoms with E-state index in [1.54, 1.807) is 7.11 Å². The molecule has 7 nitrogen and oxygen atoms in total. The predicted octanol–water partition coefficient (Wildman–Crippen LogP) is 8.09. The van der Waals surface area contributed by atoms with Crippen molar-refractivity contribution in [1.29, 1.82) is 0 Å². The van der Waals surface area contributed by atoms with Crippen molar-refractivity contribution < 1.29 is 33.2 Å². The van der Waals surface area contributed by atoms with Gasteiger partial charge in [-0.1, -0.05) is 121 Å². The second kappa shape index (κ2) is 16.5. The van der Waals surface area contributed by atoms with Crippen LogP contribution in [0.2, 0.25) is 0 Å². The summed E-state index contributed by atoms with van der Waals surface area (Å²) in [5.74, 6) is 0.348. The van der Waals surface area contributed by atoms with Crippen molar-refractivity contribution in [3.05, 3.63) is 167 Å². The minimum absolute atomic E-state index is 0.269. The van der Waals surface area contributed by atoms with Gasteiger partial charge in [-0.05, 0) is 52.4 Å². The van der Waals surface area contributed by atoms with Gasteiger partial charge in [0.05, 0.1) is 40.1 Å². The molecule has 7 heteroatoms. The van der Waals surface area contributed by atoms with Crippen LogP contribution in [0.1, 0.15) is 34.2 Å². The van der Waals surface area contributed by atoms with Gasteiger partial charge in [-0.3, -0.25) is 0 Å². The molecule has 0 bridgehead atoms. The highest BCUT2D eigenvalue weighted by molar-refractivity contribution is 5.42. The largest absolute Gasteiger partial charge is 0.497 e. The molecule has 2 aliphatic rings. The molecule has 0 aromatic heterocycles. The summed E-state index contributed by atoms with van der Waals surface area (Å²) in [6.07, 6.45) is -1.04. The van der Waals surface area contributed by atoms with E-state index in [9.17, 15) is 0 Å². The Kier molecular flexibility index (Phi) is 11.2. The van der Waals surface area contributed by atoms with E-state index >= 15 is 0 Å². The maximum atomic E-state index is 7.14. The molecule has 1 saturated heterocycles. The van der Waals surface area contributed by atoms with Crippen LogP contribution >= 0.6 is 0 Å². The van der Waals surface area contributed by atoms with E-state index in [4.69, 9.17) is 33.2 Å². The first-order valence-corrected chi connectivity index (χ1v) is 17.3. The summed E-state index contributed by atoms with van der Waals surface area (Å²) >= 11 is 0. The van der Waals surface area contributed by atoms with E-state index in [1.165, 1.54) is 0 Å². The summed E-state index contributed by atoms with van der Waals surface area (Å²) in [4.78, 5) is 0. The highest BCUT2D eigenvalue weighted by Gasteiger charge is 2.59. The number of hydrogen-bond acceptors (Lipinski definition) is 7. The Balaban J connectivity index is 1.25. The van der Waals surface area contributed by atoms with Gasteiger partial charge >= 0.3 is 0 Å². The molecule has 0 radical (unpaired) electrons. The topological polar surface area (TPSA) is 64.6 Å². The predicted molar refractivity (Wildman–Crippen MR) is 191 cm³/mol. The van der Waals surface area contributed by atoms with Crippen LogP contribution in [-0.2, 0) is 56.5 Å². The first-order valence-electron chi connectivity index (χ1n) is 17.3. The van der Waals surface area contributed by atoms with E-state index in [2.05, 4.69) is 48.5 Å². The van der Waals surface area contributed by atoms with Crippen LogP contribution in [0.15, 0.2) is 140 Å². The number of methoxy groups -OCH3 is 1. The van der Waals surface area contributed by atoms with Crippen LogP contribution < -0.4 is 9.47 Å². The standard InChI is InChI=1S/C43H44O7/c1-44-37-22-23-38-36(26-37)24-25-43(49-38)42(48-30-35-20-12-5-13-21-35)41(47-29-34-18-10-4-11-19-34)40(46-28-33-16-8-3-9-17-33)39(50-43)31-45-27-32-14-6-2-7-15-32/h2-23,26,39-42H,24-25,27-31H2,1H3. The zero-order chi connectivity index (χ0) is 34.0. The molecule has 5 aromatic rings. The molecule has 2 heterocycles. The SMILES string of the molecule is COc1ccc2c(c1)CCC1(O2)OC(COCc2ccccc2)C(OCc2ccccc2)C(OCc2ccccc2)C1OCc1ccccc1. The summed E-state index contributed by atoms with van der Waals surface area (Å²) in [6.45, 7) is 1.79. The second-order valence-electron chi connectivity index (χ2n) is 12.8. The first kappa shape index (κ1) is 34.0. The van der Waals surface area contributed by atoms with Gasteiger partial charge in [0.2, 0.25) is 5.79 Å². The van der Waals surface area contributed by atoms with Crippen molar-refractivity contribution in [3.8, 4) is 11.5 Å². The van der Waals surface area contributed by atoms with Gasteiger partial charge in [-0.15, -0.1) is 0 Å². The third-order valence-corrected chi connectivity index (χ3v) is 9.30. The average molecular weight is 673 g/mol. The molecule has 7 rings (SSSR count). The molecular weight excluding hydrogens is 628 g/mol. The fourth-order valence-electron chi connectivity index (χ4n) is 6.73. The highest BCUT2D eigenvalue weighted by Crippen LogP contribution is 2.45. The Morgan fingerprint density at radius 1 is 0.600 bits per heavy atom. The van der Waals surface area contributed by atoms with Crippen molar-refractivity contribution in [1.82, 2.24) is 0 Å². The van der Waals surface area contributed by atoms with E-state index < -0.39 is 30.2 Å². The van der Waals surface area contributed by atoms with Crippen molar-refractivity contribution in [2.45, 2.75) is 69.5 Å². The normalized spacial score (nSPS) is 22.8. The van der Waals surface area contributed by atoms with Crippen molar-refractivity contribution >= 4 is 0 Å². The molecule has 5 unspecified atom stereocenters. The maximum absolute atomic E-state index is 7.14. The van der Waals surface area contributed by atoms with E-state index in [0.29, 0.717) is 39.3 Å². The number of ether oxygens (including phenoxy) is 7. The lowest BCUT2D eigenvalue weighted by Crippen LogP contribution is -2.69. The number of fused-ring (bicyclic) bond motifs is 1. The summed E-state index contributed by atoms with van der Waals surface area (Å²) in [5, 5.41) is 0. The van der Waals surface area contributed by atoms with Gasteiger partial charge in [-0.25, -0.2) is 0 Å². The molecule has 0 saturated carbocycles. The Hall–Kier alpha value is -4.50. The minimum Gasteiger partial charge on any atom is -0.497 e. The van der Waals surface area contributed by atoms with Crippen LogP contribution in [-0.4, -0.2) is 43.9 Å². The molecule has 0 N–H and O–H groups in total. The molecule has 2 aliphatic heterocycles. The van der Waals surface area contributed by atoms with E-state index in [-0.39, 0.29) is 6.61 Å². The van der Waals surface area contributed by atoms with Gasteiger partial charge in [0.15, 0.2) is 6.10 Å². The number of benzene rings is 5. The van der Waals surface area contributed by atoms with Crippen LogP contribution in [0.4, 0.5) is 0 Å². The molecule has 5 atom stereocenters. The van der Waals surface area contributed by atoms with Crippen LogP contribution in [0, 0.1) is 0 Å². The van der Waals surface area contributed by atoms with Crippen LogP contribution in [0.3, 0.4) is 0 Å². The zero-order valence-corrected chi connectivity index (χ0v) is 28.4. The van der Waals surface area contributed by atoms with Gasteiger partial charge in [-0.2, -0.15) is 0 Å². The number of aryl methyl sites for hydroxylation is 1. The Bertz CT molecular complexity index is 1750. The Labute approximate surface area is 294 Å². The van der Waals surface area contributed by atoms with Crippen LogP contribution in [0.25, 0.3) is 0 Å². The van der Waals surface area contributed by atoms with E-state index in [0.717, 1.165) is 39.3 Å². The molecule has 1 fully saturated rings. The fourth-order valence-corrected chi connectivity index (χ4v) is 6.73. The van der Waals surface area contributed by atoms with E-state index in [1.807, 2.05) is 91.0 Å². The summed E-state index contributed by atoms with van der Waals surface area (Å²) < 4.78 is 46.7. The van der Waals surface area contributed by atoms with Gasteiger partial charge in [0.25, 0.3) is 0 Å². The smallest absolute Gasteiger partial charge is 0.240 e. The van der Waals surface area contributed by atoms with Gasteiger partial charge in [0.1, 0.15) is 29.8 Å². The van der Waals surface area contributed by atoms with Gasteiger partial charge < -0.3 is 33.2 Å². The molecule has 1 spiro atoms. The lowest BCUT2D eigenvalue weighted by Gasteiger charge is -2.53. The van der Waals surface area contributed by atoms with Crippen LogP contribution in [0.5, 0.6) is 11.5 Å². The lowest BCUT2D eigenvalue weighted by atomic mass is 9.86. The molecule has 258 valence electrons. The van der Waals surface area contributed by atoms with Crippen molar-refractivity contribution in [3.63, 3.8) is 0 Å². The number of rotatable bonds is 14. The minimum atomic E-state index is -1.18. The Morgan fingerprint density at radius 3 is 1.68 bits per heavy atom. The average Bonchev–Trinajstić information content (AvgIpc) is 3.17. The second-order valence-corrected chi connectivity index (χ2v) is 12.8. The molecule has 5 aromatic carbocycles. The summed E-state index contributed by atoms with van der Waals surface area (Å²) in [5.41, 5.74) is 5.28. The highest BCUT2D eigenvalue weighted by atomic mass is 16.7.